The number of hydrogen-bond donors (Lipinski definition) is 1. The molecule has 0 radical (unpaired) electrons. The number of allylic oxidation sites excluding steroid dienone is 1. The molecule has 1 aromatic heterocycles. The standard InChI is InChI=1S/C14H16FN3/c1-3-9-18-10-8-16-14(18)17-11(2)12-4-6-13(15)7-5-12/h3-8,10-11H,1,9H2,2H3,(H,16,17). The highest BCUT2D eigenvalue weighted by atomic mass is 19.1. The molecule has 0 saturated heterocycles. The molecule has 0 spiro atoms. The number of nitrogens with zero attached hydrogens (tertiary/aromatic N) is 2. The van der Waals surface area contributed by atoms with E-state index in [9.17, 15) is 4.39 Å². The average molecular weight is 245 g/mol. The van der Waals surface area contributed by atoms with Crippen LogP contribution in [0.5, 0.6) is 0 Å². The Hall–Kier alpha value is -2.10. The van der Waals surface area contributed by atoms with Crippen molar-refractivity contribution in [1.82, 2.24) is 9.55 Å². The monoisotopic (exact) mass is 245 g/mol. The number of rotatable bonds is 5. The van der Waals surface area contributed by atoms with Gasteiger partial charge in [0, 0.05) is 18.9 Å². The predicted octanol–water partition coefficient (Wildman–Crippen LogP) is 3.38. The molecule has 1 N–H and O–H groups in total. The van der Waals surface area contributed by atoms with Gasteiger partial charge in [0.1, 0.15) is 5.82 Å². The molecule has 1 atom stereocenters. The van der Waals surface area contributed by atoms with Gasteiger partial charge in [-0.25, -0.2) is 9.37 Å². The lowest BCUT2D eigenvalue weighted by Crippen LogP contribution is -2.11. The van der Waals surface area contributed by atoms with Gasteiger partial charge < -0.3 is 9.88 Å². The predicted molar refractivity (Wildman–Crippen MR) is 70.9 cm³/mol. The maximum absolute atomic E-state index is 12.8. The molecule has 0 saturated carbocycles. The van der Waals surface area contributed by atoms with Crippen LogP contribution < -0.4 is 5.32 Å². The number of halogens is 1. The van der Waals surface area contributed by atoms with Crippen LogP contribution >= 0.6 is 0 Å². The Morgan fingerprint density at radius 3 is 2.83 bits per heavy atom. The second kappa shape index (κ2) is 5.49. The van der Waals surface area contributed by atoms with Crippen LogP contribution in [-0.4, -0.2) is 9.55 Å². The third-order valence-electron chi connectivity index (χ3n) is 2.76. The van der Waals surface area contributed by atoms with Crippen LogP contribution in [0.15, 0.2) is 49.3 Å². The van der Waals surface area contributed by atoms with Crippen molar-refractivity contribution < 1.29 is 4.39 Å². The number of hydrogen-bond acceptors (Lipinski definition) is 2. The lowest BCUT2D eigenvalue weighted by Gasteiger charge is -2.15. The highest BCUT2D eigenvalue weighted by Gasteiger charge is 2.08. The summed E-state index contributed by atoms with van der Waals surface area (Å²) in [6.45, 7) is 6.43. The first-order valence-corrected chi connectivity index (χ1v) is 5.84. The topological polar surface area (TPSA) is 29.9 Å². The average Bonchev–Trinajstić information content (AvgIpc) is 2.78. The molecule has 1 unspecified atom stereocenters. The van der Waals surface area contributed by atoms with Crippen molar-refractivity contribution in [3.05, 3.63) is 60.7 Å². The molecule has 0 fully saturated rings. The number of anilines is 1. The molecule has 1 aromatic carbocycles. The molecule has 0 amide bonds. The summed E-state index contributed by atoms with van der Waals surface area (Å²) in [7, 11) is 0. The summed E-state index contributed by atoms with van der Waals surface area (Å²) in [5.74, 6) is 0.561. The van der Waals surface area contributed by atoms with Gasteiger partial charge in [0.05, 0.1) is 6.04 Å². The van der Waals surface area contributed by atoms with Gasteiger partial charge in [0.2, 0.25) is 5.95 Å². The summed E-state index contributed by atoms with van der Waals surface area (Å²) in [5, 5.41) is 3.29. The van der Waals surface area contributed by atoms with Crippen LogP contribution in [0.1, 0.15) is 18.5 Å². The highest BCUT2D eigenvalue weighted by Crippen LogP contribution is 2.18. The quantitative estimate of drug-likeness (QED) is 0.818. The SMILES string of the molecule is C=CCn1ccnc1NC(C)c1ccc(F)cc1. The van der Waals surface area contributed by atoms with Gasteiger partial charge in [0.25, 0.3) is 0 Å². The zero-order valence-electron chi connectivity index (χ0n) is 10.3. The fraction of sp³-hybridized carbons (Fsp3) is 0.214. The summed E-state index contributed by atoms with van der Waals surface area (Å²) in [5.41, 5.74) is 1.02. The Labute approximate surface area is 106 Å². The molecule has 0 aliphatic carbocycles. The lowest BCUT2D eigenvalue weighted by molar-refractivity contribution is 0.626. The van der Waals surface area contributed by atoms with Crippen LogP contribution in [0, 0.1) is 5.82 Å². The van der Waals surface area contributed by atoms with E-state index < -0.39 is 0 Å². The molecule has 0 aliphatic rings. The molecular formula is C14H16FN3. The minimum absolute atomic E-state index is 0.0663. The third-order valence-corrected chi connectivity index (χ3v) is 2.76. The minimum Gasteiger partial charge on any atom is -0.349 e. The summed E-state index contributed by atoms with van der Waals surface area (Å²) in [4.78, 5) is 4.25. The van der Waals surface area contributed by atoms with Crippen molar-refractivity contribution in [3.63, 3.8) is 0 Å². The molecule has 94 valence electrons. The summed E-state index contributed by atoms with van der Waals surface area (Å²) in [6.07, 6.45) is 5.44. The van der Waals surface area contributed by atoms with Crippen molar-refractivity contribution in [2.45, 2.75) is 19.5 Å². The maximum Gasteiger partial charge on any atom is 0.203 e. The van der Waals surface area contributed by atoms with E-state index in [-0.39, 0.29) is 11.9 Å². The molecule has 1 heterocycles. The van der Waals surface area contributed by atoms with Crippen molar-refractivity contribution in [3.8, 4) is 0 Å². The molecule has 4 heteroatoms. The van der Waals surface area contributed by atoms with E-state index in [1.54, 1.807) is 18.3 Å². The maximum atomic E-state index is 12.8. The second-order valence-electron chi connectivity index (χ2n) is 4.11. The van der Waals surface area contributed by atoms with Crippen molar-refractivity contribution in [2.75, 3.05) is 5.32 Å². The van der Waals surface area contributed by atoms with Crippen molar-refractivity contribution in [1.29, 1.82) is 0 Å². The Morgan fingerprint density at radius 1 is 1.44 bits per heavy atom. The molecule has 18 heavy (non-hydrogen) atoms. The van der Waals surface area contributed by atoms with Crippen molar-refractivity contribution in [2.24, 2.45) is 0 Å². The number of benzene rings is 1. The van der Waals surface area contributed by atoms with E-state index >= 15 is 0 Å². The second-order valence-corrected chi connectivity index (χ2v) is 4.11. The Morgan fingerprint density at radius 2 is 2.17 bits per heavy atom. The van der Waals surface area contributed by atoms with E-state index in [1.165, 1.54) is 12.1 Å². The highest BCUT2D eigenvalue weighted by molar-refractivity contribution is 5.32. The Bertz CT molecular complexity index is 516. The lowest BCUT2D eigenvalue weighted by atomic mass is 10.1. The van der Waals surface area contributed by atoms with Gasteiger partial charge in [-0.1, -0.05) is 18.2 Å². The van der Waals surface area contributed by atoms with E-state index in [0.29, 0.717) is 6.54 Å². The molecule has 3 nitrogen and oxygen atoms in total. The number of nitrogens with one attached hydrogen (secondary N) is 1. The Kier molecular flexibility index (Phi) is 3.77. The molecule has 0 bridgehead atoms. The third kappa shape index (κ3) is 2.77. The van der Waals surface area contributed by atoms with Crippen LogP contribution in [0.3, 0.4) is 0 Å². The van der Waals surface area contributed by atoms with Crippen LogP contribution in [0.4, 0.5) is 10.3 Å². The summed E-state index contributed by atoms with van der Waals surface area (Å²) in [6, 6.07) is 6.53. The molecule has 0 aliphatic heterocycles. The van der Waals surface area contributed by atoms with Gasteiger partial charge >= 0.3 is 0 Å². The fourth-order valence-corrected chi connectivity index (χ4v) is 1.76. The van der Waals surface area contributed by atoms with E-state index in [2.05, 4.69) is 16.9 Å². The molecular weight excluding hydrogens is 229 g/mol. The largest absolute Gasteiger partial charge is 0.349 e. The first-order chi connectivity index (χ1) is 8.70. The first-order valence-electron chi connectivity index (χ1n) is 5.84. The fourth-order valence-electron chi connectivity index (χ4n) is 1.76. The van der Waals surface area contributed by atoms with E-state index in [1.807, 2.05) is 23.8 Å². The molecule has 2 rings (SSSR count). The van der Waals surface area contributed by atoms with Gasteiger partial charge in [-0.2, -0.15) is 0 Å². The number of imidazole rings is 1. The number of aromatic nitrogens is 2. The van der Waals surface area contributed by atoms with Crippen LogP contribution in [0.2, 0.25) is 0 Å². The summed E-state index contributed by atoms with van der Waals surface area (Å²) < 4.78 is 14.8. The molecule has 2 aromatic rings. The van der Waals surface area contributed by atoms with Gasteiger partial charge in [0.15, 0.2) is 0 Å². The van der Waals surface area contributed by atoms with Gasteiger partial charge in [-0.3, -0.25) is 0 Å². The van der Waals surface area contributed by atoms with Gasteiger partial charge in [-0.15, -0.1) is 6.58 Å². The summed E-state index contributed by atoms with van der Waals surface area (Å²) >= 11 is 0. The zero-order chi connectivity index (χ0) is 13.0. The van der Waals surface area contributed by atoms with Crippen LogP contribution in [-0.2, 0) is 6.54 Å². The normalized spacial score (nSPS) is 12.1. The van der Waals surface area contributed by atoms with Crippen molar-refractivity contribution >= 4 is 5.95 Å². The van der Waals surface area contributed by atoms with Gasteiger partial charge in [-0.05, 0) is 24.6 Å². The Balaban J connectivity index is 2.10. The minimum atomic E-state index is -0.223. The first kappa shape index (κ1) is 12.4. The zero-order valence-corrected chi connectivity index (χ0v) is 10.3. The van der Waals surface area contributed by atoms with E-state index in [4.69, 9.17) is 0 Å². The smallest absolute Gasteiger partial charge is 0.203 e. The van der Waals surface area contributed by atoms with Crippen LogP contribution in [0.25, 0.3) is 0 Å². The van der Waals surface area contributed by atoms with E-state index in [0.717, 1.165) is 11.5 Å².